The summed E-state index contributed by atoms with van der Waals surface area (Å²) in [4.78, 5) is 0. The third-order valence-electron chi connectivity index (χ3n) is 3.16. The van der Waals surface area contributed by atoms with Gasteiger partial charge in [0.25, 0.3) is 0 Å². The van der Waals surface area contributed by atoms with Gasteiger partial charge in [0.05, 0.1) is 0 Å². The van der Waals surface area contributed by atoms with Crippen LogP contribution in [0.1, 0.15) is 33.6 Å². The fourth-order valence-corrected chi connectivity index (χ4v) is 3.81. The van der Waals surface area contributed by atoms with Crippen LogP contribution in [0, 0.1) is 5.41 Å². The van der Waals surface area contributed by atoms with Gasteiger partial charge in [-0.05, 0) is 30.6 Å². The maximum absolute atomic E-state index is 11.2. The zero-order chi connectivity index (χ0) is 12.2. The predicted octanol–water partition coefficient (Wildman–Crippen LogP) is 2.26. The summed E-state index contributed by atoms with van der Waals surface area (Å²) in [7, 11) is -0.677. The summed E-state index contributed by atoms with van der Waals surface area (Å²) in [5.74, 6) is 2.51. The fourth-order valence-electron chi connectivity index (χ4n) is 2.05. The molecule has 96 valence electrons. The highest BCUT2D eigenvalue weighted by molar-refractivity contribution is 7.99. The van der Waals surface area contributed by atoms with Crippen LogP contribution in [0.15, 0.2) is 0 Å². The van der Waals surface area contributed by atoms with Crippen LogP contribution < -0.4 is 5.32 Å². The summed E-state index contributed by atoms with van der Waals surface area (Å²) in [5.41, 5.74) is 0.472. The molecule has 1 N–H and O–H groups in total. The molecule has 0 spiro atoms. The van der Waals surface area contributed by atoms with E-state index in [9.17, 15) is 4.21 Å². The number of hydrogen-bond acceptors (Lipinski definition) is 3. The zero-order valence-electron chi connectivity index (χ0n) is 10.9. The summed E-state index contributed by atoms with van der Waals surface area (Å²) >= 11 is 2.05. The van der Waals surface area contributed by atoms with Crippen LogP contribution in [0.3, 0.4) is 0 Å². The summed E-state index contributed by atoms with van der Waals surface area (Å²) < 4.78 is 11.2. The van der Waals surface area contributed by atoms with Gasteiger partial charge in [0.1, 0.15) is 0 Å². The topological polar surface area (TPSA) is 29.1 Å². The smallest absolute Gasteiger partial charge is 0.0329 e. The largest absolute Gasteiger partial charge is 0.313 e. The highest BCUT2D eigenvalue weighted by Gasteiger charge is 2.27. The quantitative estimate of drug-likeness (QED) is 0.825. The Morgan fingerprint density at radius 3 is 2.81 bits per heavy atom. The molecule has 1 fully saturated rings. The molecule has 1 aliphatic rings. The van der Waals surface area contributed by atoms with Crippen LogP contribution in [0.5, 0.6) is 0 Å². The Morgan fingerprint density at radius 2 is 2.25 bits per heavy atom. The molecule has 0 aliphatic carbocycles. The lowest BCUT2D eigenvalue weighted by Gasteiger charge is -2.35. The molecular weight excluding hydrogens is 238 g/mol. The van der Waals surface area contributed by atoms with Crippen molar-refractivity contribution >= 4 is 22.6 Å². The van der Waals surface area contributed by atoms with Crippen molar-refractivity contribution in [3.63, 3.8) is 0 Å². The van der Waals surface area contributed by atoms with Crippen molar-refractivity contribution in [2.75, 3.05) is 24.3 Å². The summed E-state index contributed by atoms with van der Waals surface area (Å²) in [5, 5.41) is 3.92. The van der Waals surface area contributed by atoms with Crippen molar-refractivity contribution in [2.45, 2.75) is 44.9 Å². The molecule has 1 heterocycles. The standard InChI is InChI=1S/C12H25NOS2/c1-10(16(4)14)5-6-13-11-7-12(2,3)9-15-8-11/h10-11,13H,5-9H2,1-4H3. The minimum absolute atomic E-state index is 0.316. The van der Waals surface area contributed by atoms with E-state index in [1.54, 1.807) is 6.26 Å². The van der Waals surface area contributed by atoms with Crippen LogP contribution in [-0.2, 0) is 10.8 Å². The number of rotatable bonds is 5. The molecule has 2 nitrogen and oxygen atoms in total. The first-order valence-corrected chi connectivity index (χ1v) is 8.82. The monoisotopic (exact) mass is 263 g/mol. The molecule has 0 aromatic rings. The van der Waals surface area contributed by atoms with Crippen molar-refractivity contribution in [1.29, 1.82) is 0 Å². The molecule has 0 radical (unpaired) electrons. The molecule has 4 heteroatoms. The Kier molecular flexibility index (Phi) is 5.82. The van der Waals surface area contributed by atoms with E-state index in [0.29, 0.717) is 16.7 Å². The van der Waals surface area contributed by atoms with Crippen molar-refractivity contribution in [3.8, 4) is 0 Å². The molecule has 16 heavy (non-hydrogen) atoms. The minimum Gasteiger partial charge on any atom is -0.313 e. The van der Waals surface area contributed by atoms with Crippen LogP contribution >= 0.6 is 11.8 Å². The zero-order valence-corrected chi connectivity index (χ0v) is 12.5. The van der Waals surface area contributed by atoms with Crippen LogP contribution in [-0.4, -0.2) is 39.8 Å². The predicted molar refractivity (Wildman–Crippen MR) is 75.7 cm³/mol. The van der Waals surface area contributed by atoms with Gasteiger partial charge >= 0.3 is 0 Å². The molecule has 0 aromatic heterocycles. The lowest BCUT2D eigenvalue weighted by Crippen LogP contribution is -2.41. The fraction of sp³-hybridized carbons (Fsp3) is 1.00. The van der Waals surface area contributed by atoms with Crippen molar-refractivity contribution in [1.82, 2.24) is 5.32 Å². The van der Waals surface area contributed by atoms with Gasteiger partial charge < -0.3 is 5.32 Å². The second kappa shape index (κ2) is 6.41. The Morgan fingerprint density at radius 1 is 1.56 bits per heavy atom. The van der Waals surface area contributed by atoms with Gasteiger partial charge in [0.2, 0.25) is 0 Å². The Balaban J connectivity index is 2.20. The Labute approximate surface area is 107 Å². The lowest BCUT2D eigenvalue weighted by molar-refractivity contribution is 0.318. The molecule has 3 atom stereocenters. The molecule has 0 aromatic carbocycles. The first kappa shape index (κ1) is 14.5. The van der Waals surface area contributed by atoms with Gasteiger partial charge in [0, 0.05) is 34.1 Å². The summed E-state index contributed by atoms with van der Waals surface area (Å²) in [6, 6.07) is 0.645. The van der Waals surface area contributed by atoms with Gasteiger partial charge in [-0.25, -0.2) is 0 Å². The van der Waals surface area contributed by atoms with E-state index >= 15 is 0 Å². The Bertz CT molecular complexity index is 243. The van der Waals surface area contributed by atoms with E-state index in [2.05, 4.69) is 37.8 Å². The maximum atomic E-state index is 11.2. The van der Waals surface area contributed by atoms with E-state index in [1.165, 1.54) is 17.9 Å². The summed E-state index contributed by atoms with van der Waals surface area (Å²) in [6.07, 6.45) is 4.08. The average Bonchev–Trinajstić information content (AvgIpc) is 2.15. The molecule has 1 rings (SSSR count). The Hall–Kier alpha value is 0.460. The van der Waals surface area contributed by atoms with Gasteiger partial charge in [-0.3, -0.25) is 4.21 Å². The molecular formula is C12H25NOS2. The van der Waals surface area contributed by atoms with Gasteiger partial charge in [-0.15, -0.1) is 0 Å². The van der Waals surface area contributed by atoms with Crippen LogP contribution in [0.2, 0.25) is 0 Å². The van der Waals surface area contributed by atoms with Crippen LogP contribution in [0.25, 0.3) is 0 Å². The lowest BCUT2D eigenvalue weighted by atomic mass is 9.88. The van der Waals surface area contributed by atoms with Crippen LogP contribution in [0.4, 0.5) is 0 Å². The van der Waals surface area contributed by atoms with E-state index < -0.39 is 10.8 Å². The molecule has 1 saturated heterocycles. The first-order valence-electron chi connectivity index (χ1n) is 6.04. The highest BCUT2D eigenvalue weighted by Crippen LogP contribution is 2.33. The molecule has 0 bridgehead atoms. The normalized spacial score (nSPS) is 28.6. The molecule has 1 aliphatic heterocycles. The number of thioether (sulfide) groups is 1. The maximum Gasteiger partial charge on any atom is 0.0329 e. The molecule has 0 saturated carbocycles. The van der Waals surface area contributed by atoms with E-state index in [4.69, 9.17) is 0 Å². The van der Waals surface area contributed by atoms with Crippen molar-refractivity contribution in [3.05, 3.63) is 0 Å². The van der Waals surface area contributed by atoms with Crippen molar-refractivity contribution < 1.29 is 4.21 Å². The average molecular weight is 263 g/mol. The summed E-state index contributed by atoms with van der Waals surface area (Å²) in [6.45, 7) is 7.76. The second-order valence-electron chi connectivity index (χ2n) is 5.63. The molecule has 0 amide bonds. The number of hydrogen-bond donors (Lipinski definition) is 1. The number of nitrogens with one attached hydrogen (secondary N) is 1. The molecule has 3 unspecified atom stereocenters. The van der Waals surface area contributed by atoms with Crippen molar-refractivity contribution in [2.24, 2.45) is 5.41 Å². The van der Waals surface area contributed by atoms with Gasteiger partial charge in [-0.1, -0.05) is 20.8 Å². The van der Waals surface area contributed by atoms with Gasteiger partial charge in [0.15, 0.2) is 0 Å². The minimum atomic E-state index is -0.677. The second-order valence-corrected chi connectivity index (χ2v) is 8.46. The van der Waals surface area contributed by atoms with E-state index in [1.807, 2.05) is 0 Å². The van der Waals surface area contributed by atoms with Gasteiger partial charge in [-0.2, -0.15) is 11.8 Å². The SMILES string of the molecule is CC(CCNC1CSCC(C)(C)C1)S(C)=O. The third kappa shape index (κ3) is 5.19. The van der Waals surface area contributed by atoms with E-state index in [-0.39, 0.29) is 0 Å². The van der Waals surface area contributed by atoms with E-state index in [0.717, 1.165) is 13.0 Å². The highest BCUT2D eigenvalue weighted by atomic mass is 32.2. The first-order chi connectivity index (χ1) is 7.41. The third-order valence-corrected chi connectivity index (χ3v) is 6.15.